The number of nitrogens with two attached hydrogens (primary N) is 1. The largest absolute Gasteiger partial charge is 0.324 e. The zero-order valence-corrected chi connectivity index (χ0v) is 8.87. The number of nitrogen functional groups attached to an aromatic ring is 1. The fourth-order valence-electron chi connectivity index (χ4n) is 1.55. The van der Waals surface area contributed by atoms with Gasteiger partial charge in [-0.05, 0) is 30.7 Å². The van der Waals surface area contributed by atoms with Gasteiger partial charge < -0.3 is 5.43 Å². The van der Waals surface area contributed by atoms with Gasteiger partial charge in [-0.1, -0.05) is 12.1 Å². The highest BCUT2D eigenvalue weighted by Crippen LogP contribution is 2.24. The van der Waals surface area contributed by atoms with Crippen LogP contribution in [0.25, 0.3) is 11.3 Å². The first-order valence-electron chi connectivity index (χ1n) is 4.90. The van der Waals surface area contributed by atoms with Crippen LogP contribution in [0, 0.1) is 12.7 Å². The zero-order valence-electron chi connectivity index (χ0n) is 8.87. The van der Waals surface area contributed by atoms with E-state index in [4.69, 9.17) is 5.84 Å². The lowest BCUT2D eigenvalue weighted by Gasteiger charge is -2.07. The summed E-state index contributed by atoms with van der Waals surface area (Å²) in [5, 5.41) is 0. The molecule has 0 bridgehead atoms. The minimum absolute atomic E-state index is 0.231. The Morgan fingerprint density at radius 1 is 1.31 bits per heavy atom. The van der Waals surface area contributed by atoms with Gasteiger partial charge in [0, 0.05) is 11.8 Å². The van der Waals surface area contributed by atoms with Gasteiger partial charge in [-0.25, -0.2) is 4.39 Å². The molecule has 0 spiro atoms. The van der Waals surface area contributed by atoms with E-state index in [0.717, 1.165) is 11.3 Å². The summed E-state index contributed by atoms with van der Waals surface area (Å²) in [6, 6.07) is 8.46. The van der Waals surface area contributed by atoms with E-state index in [1.165, 1.54) is 6.07 Å². The van der Waals surface area contributed by atoms with Gasteiger partial charge in [0.15, 0.2) is 0 Å². The molecule has 0 unspecified atom stereocenters. The summed E-state index contributed by atoms with van der Waals surface area (Å²) in [5.74, 6) is 5.08. The average molecular weight is 217 g/mol. The molecular formula is C12H12FN3. The molecule has 0 atom stereocenters. The van der Waals surface area contributed by atoms with Gasteiger partial charge >= 0.3 is 0 Å². The summed E-state index contributed by atoms with van der Waals surface area (Å²) in [4.78, 5) is 4.20. The molecular weight excluding hydrogens is 205 g/mol. The Kier molecular flexibility index (Phi) is 2.83. The second-order valence-corrected chi connectivity index (χ2v) is 3.49. The van der Waals surface area contributed by atoms with E-state index >= 15 is 0 Å². The van der Waals surface area contributed by atoms with Crippen LogP contribution >= 0.6 is 0 Å². The monoisotopic (exact) mass is 217 g/mol. The lowest BCUT2D eigenvalue weighted by atomic mass is 10.0. The molecule has 16 heavy (non-hydrogen) atoms. The quantitative estimate of drug-likeness (QED) is 0.600. The molecule has 82 valence electrons. The van der Waals surface area contributed by atoms with Crippen molar-refractivity contribution in [1.82, 2.24) is 4.98 Å². The van der Waals surface area contributed by atoms with E-state index in [2.05, 4.69) is 10.4 Å². The fraction of sp³-hybridized carbons (Fsp3) is 0.0833. The minimum atomic E-state index is -0.231. The number of hydrogen-bond acceptors (Lipinski definition) is 3. The summed E-state index contributed by atoms with van der Waals surface area (Å²) >= 11 is 0. The van der Waals surface area contributed by atoms with Crippen molar-refractivity contribution in [1.29, 1.82) is 0 Å². The molecule has 4 heteroatoms. The molecule has 1 aromatic heterocycles. The lowest BCUT2D eigenvalue weighted by Crippen LogP contribution is -2.06. The van der Waals surface area contributed by atoms with Crippen LogP contribution in [0.15, 0.2) is 36.5 Å². The third kappa shape index (κ3) is 1.87. The number of nitrogens with one attached hydrogen (secondary N) is 1. The van der Waals surface area contributed by atoms with Crippen LogP contribution in [-0.2, 0) is 0 Å². The average Bonchev–Trinajstić information content (AvgIpc) is 2.33. The second kappa shape index (κ2) is 4.28. The number of benzene rings is 1. The van der Waals surface area contributed by atoms with Crippen LogP contribution in [0.3, 0.4) is 0 Å². The third-order valence-electron chi connectivity index (χ3n) is 2.47. The molecule has 2 aromatic rings. The molecule has 3 nitrogen and oxygen atoms in total. The topological polar surface area (TPSA) is 50.9 Å². The van der Waals surface area contributed by atoms with Crippen molar-refractivity contribution in [3.05, 3.63) is 47.9 Å². The van der Waals surface area contributed by atoms with E-state index < -0.39 is 0 Å². The molecule has 0 radical (unpaired) electrons. The fourth-order valence-corrected chi connectivity index (χ4v) is 1.55. The zero-order chi connectivity index (χ0) is 11.5. The van der Waals surface area contributed by atoms with Crippen molar-refractivity contribution >= 4 is 5.69 Å². The maximum atomic E-state index is 13.4. The molecule has 2 rings (SSSR count). The Labute approximate surface area is 93.1 Å². The van der Waals surface area contributed by atoms with Crippen LogP contribution in [0.4, 0.5) is 10.1 Å². The van der Waals surface area contributed by atoms with Gasteiger partial charge in [-0.3, -0.25) is 10.8 Å². The Morgan fingerprint density at radius 3 is 2.88 bits per heavy atom. The molecule has 1 heterocycles. The Balaban J connectivity index is 2.54. The SMILES string of the molecule is Cc1c(F)cccc1-c1cc(NN)ccn1. The van der Waals surface area contributed by atoms with Crippen molar-refractivity contribution in [2.75, 3.05) is 5.43 Å². The van der Waals surface area contributed by atoms with Crippen LogP contribution in [-0.4, -0.2) is 4.98 Å². The second-order valence-electron chi connectivity index (χ2n) is 3.49. The Morgan fingerprint density at radius 2 is 2.12 bits per heavy atom. The van der Waals surface area contributed by atoms with Crippen LogP contribution in [0.2, 0.25) is 0 Å². The smallest absolute Gasteiger partial charge is 0.126 e. The summed E-state index contributed by atoms with van der Waals surface area (Å²) in [6.45, 7) is 1.73. The number of rotatable bonds is 2. The van der Waals surface area contributed by atoms with Gasteiger partial charge in [0.1, 0.15) is 5.82 Å². The first-order valence-corrected chi connectivity index (χ1v) is 4.90. The standard InChI is InChI=1S/C12H12FN3/c1-8-10(3-2-4-11(8)13)12-7-9(16-14)5-6-15-12/h2-7H,14H2,1H3,(H,15,16). The summed E-state index contributed by atoms with van der Waals surface area (Å²) in [5.41, 5.74) is 5.35. The Bertz CT molecular complexity index is 511. The van der Waals surface area contributed by atoms with Gasteiger partial charge in [0.05, 0.1) is 11.4 Å². The van der Waals surface area contributed by atoms with Crippen molar-refractivity contribution in [3.63, 3.8) is 0 Å². The Hall–Kier alpha value is -1.94. The molecule has 0 aliphatic rings. The molecule has 1 aromatic carbocycles. The number of anilines is 1. The molecule has 3 N–H and O–H groups in total. The number of nitrogens with zero attached hydrogens (tertiary/aromatic N) is 1. The van der Waals surface area contributed by atoms with Crippen LogP contribution in [0.1, 0.15) is 5.56 Å². The summed E-state index contributed by atoms with van der Waals surface area (Å²) < 4.78 is 13.4. The van der Waals surface area contributed by atoms with E-state index in [1.807, 2.05) is 6.07 Å². The predicted molar refractivity (Wildman–Crippen MR) is 62.2 cm³/mol. The normalized spacial score (nSPS) is 10.2. The maximum Gasteiger partial charge on any atom is 0.126 e. The van der Waals surface area contributed by atoms with E-state index in [9.17, 15) is 4.39 Å². The summed E-state index contributed by atoms with van der Waals surface area (Å²) in [6.07, 6.45) is 1.63. The van der Waals surface area contributed by atoms with Crippen molar-refractivity contribution in [2.24, 2.45) is 5.84 Å². The number of hydrazine groups is 1. The highest BCUT2D eigenvalue weighted by molar-refractivity contribution is 5.67. The molecule has 0 amide bonds. The number of hydrogen-bond donors (Lipinski definition) is 2. The van der Waals surface area contributed by atoms with Crippen molar-refractivity contribution < 1.29 is 4.39 Å². The van der Waals surface area contributed by atoms with E-state index in [1.54, 1.807) is 31.3 Å². The first-order chi connectivity index (χ1) is 7.72. The highest BCUT2D eigenvalue weighted by Gasteiger charge is 2.07. The number of halogens is 1. The highest BCUT2D eigenvalue weighted by atomic mass is 19.1. The predicted octanol–water partition coefficient (Wildman–Crippen LogP) is 2.48. The van der Waals surface area contributed by atoms with Gasteiger partial charge in [-0.15, -0.1) is 0 Å². The number of pyridine rings is 1. The van der Waals surface area contributed by atoms with Crippen molar-refractivity contribution in [3.8, 4) is 11.3 Å². The van der Waals surface area contributed by atoms with E-state index in [0.29, 0.717) is 11.3 Å². The van der Waals surface area contributed by atoms with Gasteiger partial charge in [0.25, 0.3) is 0 Å². The number of aromatic nitrogens is 1. The molecule has 0 aliphatic heterocycles. The minimum Gasteiger partial charge on any atom is -0.324 e. The van der Waals surface area contributed by atoms with Crippen LogP contribution < -0.4 is 11.3 Å². The molecule has 0 fully saturated rings. The van der Waals surface area contributed by atoms with Crippen molar-refractivity contribution in [2.45, 2.75) is 6.92 Å². The van der Waals surface area contributed by atoms with Gasteiger partial charge in [-0.2, -0.15) is 0 Å². The van der Waals surface area contributed by atoms with E-state index in [-0.39, 0.29) is 5.82 Å². The third-order valence-corrected chi connectivity index (χ3v) is 2.47. The lowest BCUT2D eigenvalue weighted by molar-refractivity contribution is 0.619. The molecule has 0 saturated carbocycles. The summed E-state index contributed by atoms with van der Waals surface area (Å²) in [7, 11) is 0. The first kappa shape index (κ1) is 10.6. The van der Waals surface area contributed by atoms with Gasteiger partial charge in [0.2, 0.25) is 0 Å². The maximum absolute atomic E-state index is 13.4. The molecule has 0 saturated heterocycles. The van der Waals surface area contributed by atoms with Crippen LogP contribution in [0.5, 0.6) is 0 Å². The molecule has 0 aliphatic carbocycles.